The van der Waals surface area contributed by atoms with E-state index in [4.69, 9.17) is 4.74 Å². The number of hydrogen-bond acceptors (Lipinski definition) is 4. The van der Waals surface area contributed by atoms with Crippen molar-refractivity contribution in [2.45, 2.75) is 51.7 Å². The number of hydrogen-bond donors (Lipinski definition) is 3. The van der Waals surface area contributed by atoms with Gasteiger partial charge in [0.25, 0.3) is 0 Å². The molecule has 0 saturated heterocycles. The van der Waals surface area contributed by atoms with Gasteiger partial charge in [-0.2, -0.15) is 0 Å². The Labute approximate surface area is 183 Å². The SMILES string of the molecule is CCNC(=NCC(O)c1ccc(F)cc1)NC1CCC(C(=O)OCC)CC1.I. The second kappa shape index (κ2) is 12.9. The second-order valence-corrected chi connectivity index (χ2v) is 6.73. The Balaban J connectivity index is 0.00000392. The molecular weight excluding hydrogens is 476 g/mol. The number of rotatable bonds is 7. The van der Waals surface area contributed by atoms with Crippen LogP contribution in [0.3, 0.4) is 0 Å². The van der Waals surface area contributed by atoms with Crippen LogP contribution >= 0.6 is 24.0 Å². The third kappa shape index (κ3) is 7.90. The number of guanidine groups is 1. The number of carbonyl (C=O) groups excluding carboxylic acids is 1. The summed E-state index contributed by atoms with van der Waals surface area (Å²) in [4.78, 5) is 16.3. The molecule has 3 N–H and O–H groups in total. The number of aliphatic imine (C=N–C) groups is 1. The van der Waals surface area contributed by atoms with Crippen molar-refractivity contribution < 1.29 is 19.0 Å². The van der Waals surface area contributed by atoms with Crippen LogP contribution in [0.25, 0.3) is 0 Å². The lowest BCUT2D eigenvalue weighted by molar-refractivity contribution is -0.149. The molecule has 8 heteroatoms. The zero-order chi connectivity index (χ0) is 19.6. The molecule has 0 heterocycles. The molecule has 0 bridgehead atoms. The Morgan fingerprint density at radius 2 is 1.89 bits per heavy atom. The van der Waals surface area contributed by atoms with Crippen molar-refractivity contribution >= 4 is 35.9 Å². The fraction of sp³-hybridized carbons (Fsp3) is 0.600. The molecule has 1 atom stereocenters. The number of aliphatic hydroxyl groups is 1. The molecule has 2 rings (SSSR count). The first-order valence-corrected chi connectivity index (χ1v) is 9.68. The molecule has 0 radical (unpaired) electrons. The Bertz CT molecular complexity index is 620. The van der Waals surface area contributed by atoms with Gasteiger partial charge in [0.1, 0.15) is 5.82 Å². The highest BCUT2D eigenvalue weighted by Gasteiger charge is 2.27. The van der Waals surface area contributed by atoms with Crippen LogP contribution in [0, 0.1) is 11.7 Å². The van der Waals surface area contributed by atoms with Crippen molar-refractivity contribution in [2.24, 2.45) is 10.9 Å². The molecule has 0 amide bonds. The number of aliphatic hydroxyl groups excluding tert-OH is 1. The first-order chi connectivity index (χ1) is 13.0. The van der Waals surface area contributed by atoms with Crippen LogP contribution in [0.1, 0.15) is 51.2 Å². The van der Waals surface area contributed by atoms with Gasteiger partial charge in [0.15, 0.2) is 5.96 Å². The number of halogens is 2. The van der Waals surface area contributed by atoms with Crippen LogP contribution in [0.4, 0.5) is 4.39 Å². The lowest BCUT2D eigenvalue weighted by Gasteiger charge is -2.29. The molecule has 28 heavy (non-hydrogen) atoms. The highest BCUT2D eigenvalue weighted by atomic mass is 127. The van der Waals surface area contributed by atoms with Gasteiger partial charge in [-0.05, 0) is 57.2 Å². The third-order valence-corrected chi connectivity index (χ3v) is 4.71. The van der Waals surface area contributed by atoms with Gasteiger partial charge in [-0.1, -0.05) is 12.1 Å². The number of carbonyl (C=O) groups is 1. The maximum absolute atomic E-state index is 13.0. The second-order valence-electron chi connectivity index (χ2n) is 6.73. The lowest BCUT2D eigenvalue weighted by atomic mass is 9.86. The first kappa shape index (κ1) is 24.6. The minimum absolute atomic E-state index is 0. The van der Waals surface area contributed by atoms with Crippen molar-refractivity contribution in [3.8, 4) is 0 Å². The van der Waals surface area contributed by atoms with E-state index >= 15 is 0 Å². The van der Waals surface area contributed by atoms with E-state index < -0.39 is 6.10 Å². The highest BCUT2D eigenvalue weighted by Crippen LogP contribution is 2.25. The van der Waals surface area contributed by atoms with Crippen LogP contribution in [0.5, 0.6) is 0 Å². The summed E-state index contributed by atoms with van der Waals surface area (Å²) in [5, 5.41) is 16.8. The van der Waals surface area contributed by atoms with E-state index in [1.807, 2.05) is 13.8 Å². The van der Waals surface area contributed by atoms with Crippen molar-refractivity contribution in [2.75, 3.05) is 19.7 Å². The maximum atomic E-state index is 13.0. The minimum Gasteiger partial charge on any atom is -0.466 e. The normalized spacial score (nSPS) is 20.6. The van der Waals surface area contributed by atoms with Crippen molar-refractivity contribution in [3.63, 3.8) is 0 Å². The third-order valence-electron chi connectivity index (χ3n) is 4.71. The average molecular weight is 507 g/mol. The molecule has 1 aromatic rings. The first-order valence-electron chi connectivity index (χ1n) is 9.68. The summed E-state index contributed by atoms with van der Waals surface area (Å²) in [5.74, 6) is 0.197. The Kier molecular flexibility index (Phi) is 11.4. The van der Waals surface area contributed by atoms with E-state index in [-0.39, 0.29) is 54.3 Å². The zero-order valence-electron chi connectivity index (χ0n) is 16.5. The van der Waals surface area contributed by atoms with Gasteiger partial charge in [-0.3, -0.25) is 9.79 Å². The van der Waals surface area contributed by atoms with Gasteiger partial charge in [0.2, 0.25) is 0 Å². The average Bonchev–Trinajstić information content (AvgIpc) is 2.67. The largest absolute Gasteiger partial charge is 0.466 e. The van der Waals surface area contributed by atoms with Gasteiger partial charge < -0.3 is 20.5 Å². The summed E-state index contributed by atoms with van der Waals surface area (Å²) in [7, 11) is 0. The minimum atomic E-state index is -0.791. The zero-order valence-corrected chi connectivity index (χ0v) is 18.8. The Morgan fingerprint density at radius 1 is 1.25 bits per heavy atom. The van der Waals surface area contributed by atoms with E-state index in [9.17, 15) is 14.3 Å². The van der Waals surface area contributed by atoms with Gasteiger partial charge in [0, 0.05) is 12.6 Å². The topological polar surface area (TPSA) is 83.0 Å². The number of esters is 1. The van der Waals surface area contributed by atoms with E-state index in [2.05, 4.69) is 15.6 Å². The van der Waals surface area contributed by atoms with Crippen LogP contribution in [0.2, 0.25) is 0 Å². The molecule has 0 aromatic heterocycles. The molecule has 1 fully saturated rings. The molecule has 158 valence electrons. The van der Waals surface area contributed by atoms with E-state index in [0.717, 1.165) is 25.7 Å². The van der Waals surface area contributed by atoms with Crippen molar-refractivity contribution in [3.05, 3.63) is 35.6 Å². The van der Waals surface area contributed by atoms with Gasteiger partial charge in [-0.15, -0.1) is 24.0 Å². The summed E-state index contributed by atoms with van der Waals surface area (Å²) in [6, 6.07) is 6.01. The fourth-order valence-electron chi connectivity index (χ4n) is 3.22. The molecule has 6 nitrogen and oxygen atoms in total. The molecule has 1 aliphatic carbocycles. The summed E-state index contributed by atoms with van der Waals surface area (Å²) >= 11 is 0. The van der Waals surface area contributed by atoms with E-state index in [0.29, 0.717) is 24.7 Å². The number of nitrogens with one attached hydrogen (secondary N) is 2. The summed E-state index contributed by atoms with van der Waals surface area (Å²) in [6.07, 6.45) is 2.55. The fourth-order valence-corrected chi connectivity index (χ4v) is 3.22. The van der Waals surface area contributed by atoms with Crippen LogP contribution < -0.4 is 10.6 Å². The predicted octanol–water partition coefficient (Wildman–Crippen LogP) is 3.15. The molecule has 1 unspecified atom stereocenters. The molecule has 0 aliphatic heterocycles. The Hall–Kier alpha value is -1.42. The molecule has 0 spiro atoms. The standard InChI is InChI=1S/C20H30FN3O3.HI/c1-3-22-20(23-13-18(25)14-5-9-16(21)10-6-14)24-17-11-7-15(8-12-17)19(26)27-4-2;/h5-6,9-10,15,17-18,25H,3-4,7-8,11-13H2,1-2H3,(H2,22,23,24);1H. The molecule has 1 saturated carbocycles. The molecule has 1 aliphatic rings. The molecular formula is C20H31FIN3O3. The quantitative estimate of drug-likeness (QED) is 0.229. The van der Waals surface area contributed by atoms with E-state index in [1.54, 1.807) is 12.1 Å². The smallest absolute Gasteiger partial charge is 0.308 e. The number of nitrogens with zero attached hydrogens (tertiary/aromatic N) is 1. The maximum Gasteiger partial charge on any atom is 0.308 e. The summed E-state index contributed by atoms with van der Waals surface area (Å²) in [6.45, 7) is 5.11. The van der Waals surface area contributed by atoms with Crippen molar-refractivity contribution in [1.82, 2.24) is 10.6 Å². The predicted molar refractivity (Wildman–Crippen MR) is 118 cm³/mol. The van der Waals surface area contributed by atoms with Gasteiger partial charge in [-0.25, -0.2) is 4.39 Å². The van der Waals surface area contributed by atoms with Crippen LogP contribution in [-0.4, -0.2) is 42.8 Å². The Morgan fingerprint density at radius 3 is 2.46 bits per heavy atom. The van der Waals surface area contributed by atoms with Gasteiger partial charge >= 0.3 is 5.97 Å². The van der Waals surface area contributed by atoms with E-state index in [1.165, 1.54) is 12.1 Å². The lowest BCUT2D eigenvalue weighted by Crippen LogP contribution is -2.45. The van der Waals surface area contributed by atoms with Crippen LogP contribution in [-0.2, 0) is 9.53 Å². The van der Waals surface area contributed by atoms with Crippen LogP contribution in [0.15, 0.2) is 29.3 Å². The number of benzene rings is 1. The van der Waals surface area contributed by atoms with Crippen molar-refractivity contribution in [1.29, 1.82) is 0 Å². The molecule has 1 aromatic carbocycles. The number of ether oxygens (including phenoxy) is 1. The highest BCUT2D eigenvalue weighted by molar-refractivity contribution is 14.0. The monoisotopic (exact) mass is 507 g/mol. The van der Waals surface area contributed by atoms with Gasteiger partial charge in [0.05, 0.1) is 25.2 Å². The summed E-state index contributed by atoms with van der Waals surface area (Å²) < 4.78 is 18.1. The summed E-state index contributed by atoms with van der Waals surface area (Å²) in [5.41, 5.74) is 0.631.